The van der Waals surface area contributed by atoms with Crippen LogP contribution in [0.25, 0.3) is 10.9 Å². The molecule has 0 bridgehead atoms. The van der Waals surface area contributed by atoms with Gasteiger partial charge in [0.15, 0.2) is 0 Å². The standard InChI is InChI=1S/C24H36N2O5/c1-2-3-4-5-6-7-8-9-10-11-12-13-14-15-18-30-24-25-22-17-16-20(26(28)29)19-21(22)23(27)31-24/h16-17,19H,2-15,18H2,1H3. The number of rotatable bonds is 17. The SMILES string of the molecule is CCCCCCCCCCCCCCCCOc1nc2ccc([N+](=O)[O-])cc2c(=O)o1. The van der Waals surface area contributed by atoms with Crippen LogP contribution >= 0.6 is 0 Å². The minimum Gasteiger partial charge on any atom is -0.450 e. The molecule has 31 heavy (non-hydrogen) atoms. The first kappa shape index (κ1) is 24.8. The van der Waals surface area contributed by atoms with Crippen LogP contribution in [0.15, 0.2) is 27.4 Å². The van der Waals surface area contributed by atoms with Crippen molar-refractivity contribution in [2.45, 2.75) is 96.8 Å². The first-order chi connectivity index (χ1) is 15.1. The normalized spacial score (nSPS) is 11.1. The molecule has 0 amide bonds. The molecule has 0 N–H and O–H groups in total. The number of hydrogen-bond donors (Lipinski definition) is 0. The molecule has 0 unspecified atom stereocenters. The highest BCUT2D eigenvalue weighted by atomic mass is 16.6. The molecule has 7 nitrogen and oxygen atoms in total. The topological polar surface area (TPSA) is 95.5 Å². The second-order valence-electron chi connectivity index (χ2n) is 8.17. The molecular formula is C24H36N2O5. The van der Waals surface area contributed by atoms with Crippen LogP contribution in [0.3, 0.4) is 0 Å². The molecule has 7 heteroatoms. The molecule has 0 radical (unpaired) electrons. The maximum Gasteiger partial charge on any atom is 0.397 e. The number of hydrogen-bond acceptors (Lipinski definition) is 6. The Balaban J connectivity index is 1.52. The Labute approximate surface area is 184 Å². The van der Waals surface area contributed by atoms with Crippen LogP contribution in [0.5, 0.6) is 6.08 Å². The van der Waals surface area contributed by atoms with Gasteiger partial charge >= 0.3 is 11.7 Å². The number of nitro benzene ring substituents is 1. The monoisotopic (exact) mass is 432 g/mol. The van der Waals surface area contributed by atoms with Gasteiger partial charge in [-0.15, -0.1) is 0 Å². The third-order valence-electron chi connectivity index (χ3n) is 5.53. The van der Waals surface area contributed by atoms with Crippen LogP contribution in [-0.4, -0.2) is 16.5 Å². The number of benzene rings is 1. The van der Waals surface area contributed by atoms with E-state index in [2.05, 4.69) is 11.9 Å². The highest BCUT2D eigenvalue weighted by Crippen LogP contribution is 2.19. The molecular weight excluding hydrogens is 396 g/mol. The van der Waals surface area contributed by atoms with E-state index in [1.807, 2.05) is 0 Å². The molecule has 0 atom stereocenters. The molecule has 2 rings (SSSR count). The third-order valence-corrected chi connectivity index (χ3v) is 5.53. The van der Waals surface area contributed by atoms with E-state index in [9.17, 15) is 14.9 Å². The van der Waals surface area contributed by atoms with Gasteiger partial charge in [0, 0.05) is 12.1 Å². The van der Waals surface area contributed by atoms with Gasteiger partial charge in [-0.2, -0.15) is 4.98 Å². The Hall–Kier alpha value is -2.44. The Morgan fingerprint density at radius 1 is 0.903 bits per heavy atom. The zero-order chi connectivity index (χ0) is 22.3. The van der Waals surface area contributed by atoms with Crippen molar-refractivity contribution in [2.24, 2.45) is 0 Å². The van der Waals surface area contributed by atoms with Gasteiger partial charge in [0.2, 0.25) is 0 Å². The average molecular weight is 433 g/mol. The van der Waals surface area contributed by atoms with Crippen molar-refractivity contribution < 1.29 is 14.1 Å². The predicted octanol–water partition coefficient (Wildman–Crippen LogP) is 6.96. The Morgan fingerprint density at radius 2 is 1.45 bits per heavy atom. The minimum atomic E-state index is -0.676. The lowest BCUT2D eigenvalue weighted by Crippen LogP contribution is -2.06. The predicted molar refractivity (Wildman–Crippen MR) is 123 cm³/mol. The largest absolute Gasteiger partial charge is 0.450 e. The van der Waals surface area contributed by atoms with Gasteiger partial charge in [-0.25, -0.2) is 4.79 Å². The van der Waals surface area contributed by atoms with Gasteiger partial charge in [0.25, 0.3) is 5.69 Å². The van der Waals surface area contributed by atoms with E-state index < -0.39 is 10.5 Å². The fourth-order valence-corrected chi connectivity index (χ4v) is 3.67. The summed E-state index contributed by atoms with van der Waals surface area (Å²) in [7, 11) is 0. The molecule has 0 aliphatic heterocycles. The lowest BCUT2D eigenvalue weighted by Gasteiger charge is -2.05. The van der Waals surface area contributed by atoms with Gasteiger partial charge in [-0.1, -0.05) is 90.4 Å². The van der Waals surface area contributed by atoms with E-state index in [0.717, 1.165) is 12.8 Å². The summed E-state index contributed by atoms with van der Waals surface area (Å²) in [6.07, 6.45) is 17.9. The van der Waals surface area contributed by atoms with Crippen LogP contribution in [0.2, 0.25) is 0 Å². The van der Waals surface area contributed by atoms with Crippen molar-refractivity contribution >= 4 is 16.6 Å². The number of aromatic nitrogens is 1. The van der Waals surface area contributed by atoms with Crippen molar-refractivity contribution in [1.29, 1.82) is 0 Å². The first-order valence-electron chi connectivity index (χ1n) is 11.8. The summed E-state index contributed by atoms with van der Waals surface area (Å²) < 4.78 is 10.5. The van der Waals surface area contributed by atoms with Crippen molar-refractivity contribution in [3.8, 4) is 6.08 Å². The van der Waals surface area contributed by atoms with E-state index in [4.69, 9.17) is 9.15 Å². The zero-order valence-corrected chi connectivity index (χ0v) is 18.8. The van der Waals surface area contributed by atoms with Crippen LogP contribution in [0, 0.1) is 10.1 Å². The number of ether oxygens (including phenoxy) is 1. The first-order valence-corrected chi connectivity index (χ1v) is 11.8. The summed E-state index contributed by atoms with van der Waals surface area (Å²) in [5.74, 6) is 0. The van der Waals surface area contributed by atoms with Crippen LogP contribution < -0.4 is 10.4 Å². The second kappa shape index (κ2) is 14.5. The molecule has 0 aliphatic carbocycles. The smallest absolute Gasteiger partial charge is 0.397 e. The fourth-order valence-electron chi connectivity index (χ4n) is 3.67. The molecule has 172 valence electrons. The summed E-state index contributed by atoms with van der Waals surface area (Å²) in [5.41, 5.74) is -0.514. The number of nitro groups is 1. The second-order valence-corrected chi connectivity index (χ2v) is 8.17. The molecule has 0 saturated heterocycles. The van der Waals surface area contributed by atoms with Crippen molar-refractivity contribution in [2.75, 3.05) is 6.61 Å². The highest BCUT2D eigenvalue weighted by Gasteiger charge is 2.12. The van der Waals surface area contributed by atoms with Crippen molar-refractivity contribution in [3.63, 3.8) is 0 Å². The van der Waals surface area contributed by atoms with Crippen LogP contribution in [0.4, 0.5) is 5.69 Å². The van der Waals surface area contributed by atoms with E-state index in [1.54, 1.807) is 0 Å². The van der Waals surface area contributed by atoms with Gasteiger partial charge < -0.3 is 9.15 Å². The molecule has 1 aromatic carbocycles. The van der Waals surface area contributed by atoms with Crippen molar-refractivity contribution in [1.82, 2.24) is 4.98 Å². The molecule has 0 spiro atoms. The number of unbranched alkanes of at least 4 members (excludes halogenated alkanes) is 13. The summed E-state index contributed by atoms with van der Waals surface area (Å²) in [5, 5.41) is 10.9. The molecule has 2 aromatic rings. The quantitative estimate of drug-likeness (QED) is 0.152. The zero-order valence-electron chi connectivity index (χ0n) is 18.8. The van der Waals surface area contributed by atoms with Crippen LogP contribution in [-0.2, 0) is 0 Å². The maximum atomic E-state index is 12.0. The maximum absolute atomic E-state index is 12.0. The van der Waals surface area contributed by atoms with Gasteiger partial charge in [-0.3, -0.25) is 10.1 Å². The lowest BCUT2D eigenvalue weighted by atomic mass is 10.0. The lowest BCUT2D eigenvalue weighted by molar-refractivity contribution is -0.384. The molecule has 0 aliphatic rings. The van der Waals surface area contributed by atoms with Gasteiger partial charge in [-0.05, 0) is 12.5 Å². The fraction of sp³-hybridized carbons (Fsp3) is 0.667. The van der Waals surface area contributed by atoms with E-state index in [-0.39, 0.29) is 17.2 Å². The van der Waals surface area contributed by atoms with E-state index >= 15 is 0 Å². The number of fused-ring (bicyclic) bond motifs is 1. The summed E-state index contributed by atoms with van der Waals surface area (Å²) in [6.45, 7) is 2.69. The van der Waals surface area contributed by atoms with E-state index in [1.165, 1.54) is 95.2 Å². The Bertz CT molecular complexity index is 849. The van der Waals surface area contributed by atoms with E-state index in [0.29, 0.717) is 12.1 Å². The molecule has 1 aromatic heterocycles. The minimum absolute atomic E-state index is 0.0815. The highest BCUT2D eigenvalue weighted by molar-refractivity contribution is 5.79. The van der Waals surface area contributed by atoms with Gasteiger partial charge in [0.05, 0.1) is 22.4 Å². The summed E-state index contributed by atoms with van der Waals surface area (Å²) >= 11 is 0. The molecule has 1 heterocycles. The molecule has 0 fully saturated rings. The number of non-ortho nitro benzene ring substituents is 1. The van der Waals surface area contributed by atoms with Crippen LogP contribution in [0.1, 0.15) is 96.8 Å². The average Bonchev–Trinajstić information content (AvgIpc) is 2.76. The number of nitrogens with zero attached hydrogens (tertiary/aromatic N) is 2. The Kier molecular flexibility index (Phi) is 11.6. The summed E-state index contributed by atoms with van der Waals surface area (Å²) in [4.78, 5) is 26.4. The molecule has 0 saturated carbocycles. The third kappa shape index (κ3) is 9.49. The summed E-state index contributed by atoms with van der Waals surface area (Å²) in [6, 6.07) is 3.92. The van der Waals surface area contributed by atoms with Gasteiger partial charge in [0.1, 0.15) is 0 Å². The Morgan fingerprint density at radius 3 is 2.00 bits per heavy atom. The van der Waals surface area contributed by atoms with Crippen molar-refractivity contribution in [3.05, 3.63) is 38.7 Å².